The molecule has 0 bridgehead atoms. The lowest BCUT2D eigenvalue weighted by molar-refractivity contribution is -0.120. The second-order valence-electron chi connectivity index (χ2n) is 8.82. The molecule has 9 heteroatoms. The number of ether oxygens (including phenoxy) is 2. The van der Waals surface area contributed by atoms with Gasteiger partial charge in [0.1, 0.15) is 17.2 Å². The Morgan fingerprint density at radius 1 is 1.07 bits per heavy atom. The van der Waals surface area contributed by atoms with E-state index in [0.717, 1.165) is 4.47 Å². The molecule has 1 aliphatic rings. The fourth-order valence-electron chi connectivity index (χ4n) is 2.75. The minimum Gasteiger partial charge on any atom is -0.444 e. The van der Waals surface area contributed by atoms with Crippen LogP contribution < -0.4 is 15.1 Å². The Morgan fingerprint density at radius 3 is 2.21 bits per heavy atom. The first-order chi connectivity index (χ1) is 13.2. The minimum atomic E-state index is -1.01. The van der Waals surface area contributed by atoms with E-state index in [9.17, 15) is 14.4 Å². The molecule has 1 atom stereocenters. The van der Waals surface area contributed by atoms with Gasteiger partial charge in [-0.2, -0.15) is 0 Å². The molecule has 0 saturated heterocycles. The number of halogens is 1. The van der Waals surface area contributed by atoms with Gasteiger partial charge in [0, 0.05) is 11.5 Å². The highest BCUT2D eigenvalue weighted by Gasteiger charge is 2.37. The van der Waals surface area contributed by atoms with Gasteiger partial charge in [-0.3, -0.25) is 9.69 Å². The molecule has 0 aliphatic carbocycles. The topological polar surface area (TPSA) is 88.2 Å². The van der Waals surface area contributed by atoms with Crippen molar-refractivity contribution in [3.63, 3.8) is 0 Å². The summed E-state index contributed by atoms with van der Waals surface area (Å²) >= 11 is 3.40. The van der Waals surface area contributed by atoms with Crippen molar-refractivity contribution in [3.8, 4) is 0 Å². The third kappa shape index (κ3) is 6.09. The Bertz CT molecular complexity index is 813. The van der Waals surface area contributed by atoms with E-state index in [1.54, 1.807) is 66.8 Å². The summed E-state index contributed by atoms with van der Waals surface area (Å²) < 4.78 is 11.5. The highest BCUT2D eigenvalue weighted by atomic mass is 79.9. The van der Waals surface area contributed by atoms with E-state index in [2.05, 4.69) is 21.2 Å². The highest BCUT2D eigenvalue weighted by molar-refractivity contribution is 9.10. The molecule has 8 nitrogen and oxygen atoms in total. The Kier molecular flexibility index (Phi) is 6.51. The number of carbonyl (C=O) groups excluding carboxylic acids is 3. The SMILES string of the molecule is CN1C(=O)[C@@H](NC(=O)OC(C)(C)C)CN(C(=O)OC(C)(C)C)c2ccc(Br)cc21. The van der Waals surface area contributed by atoms with Gasteiger partial charge in [-0.15, -0.1) is 0 Å². The van der Waals surface area contributed by atoms with Crippen LogP contribution in [0, 0.1) is 0 Å². The first-order valence-corrected chi connectivity index (χ1v) is 10.0. The molecular formula is C20H28BrN3O5. The van der Waals surface area contributed by atoms with Crippen LogP contribution >= 0.6 is 15.9 Å². The van der Waals surface area contributed by atoms with Gasteiger partial charge in [-0.1, -0.05) is 15.9 Å². The molecule has 1 heterocycles. The first kappa shape index (κ1) is 23.0. The van der Waals surface area contributed by atoms with Gasteiger partial charge in [-0.25, -0.2) is 9.59 Å². The highest BCUT2D eigenvalue weighted by Crippen LogP contribution is 2.35. The maximum Gasteiger partial charge on any atom is 0.414 e. The average molecular weight is 470 g/mol. The summed E-state index contributed by atoms with van der Waals surface area (Å²) in [6.07, 6.45) is -1.35. The van der Waals surface area contributed by atoms with E-state index in [4.69, 9.17) is 9.47 Å². The van der Waals surface area contributed by atoms with Crippen molar-refractivity contribution in [2.75, 3.05) is 23.4 Å². The third-order valence-corrected chi connectivity index (χ3v) is 4.38. The molecule has 2 rings (SSSR count). The van der Waals surface area contributed by atoms with Crippen molar-refractivity contribution in [2.45, 2.75) is 58.8 Å². The zero-order valence-electron chi connectivity index (χ0n) is 17.8. The van der Waals surface area contributed by atoms with Gasteiger partial charge in [0.15, 0.2) is 0 Å². The van der Waals surface area contributed by atoms with E-state index in [-0.39, 0.29) is 12.5 Å². The Hall–Kier alpha value is -2.29. The molecule has 0 aromatic heterocycles. The third-order valence-electron chi connectivity index (χ3n) is 3.89. The predicted octanol–water partition coefficient (Wildman–Crippen LogP) is 4.06. The summed E-state index contributed by atoms with van der Waals surface area (Å²) in [5, 5.41) is 2.58. The van der Waals surface area contributed by atoms with Crippen LogP contribution in [-0.4, -0.2) is 48.9 Å². The number of amides is 3. The molecule has 3 amide bonds. The van der Waals surface area contributed by atoms with Crippen LogP contribution in [0.5, 0.6) is 0 Å². The van der Waals surface area contributed by atoms with Crippen LogP contribution in [0.1, 0.15) is 41.5 Å². The number of nitrogens with one attached hydrogen (secondary N) is 1. The standard InChI is InChI=1S/C20H28BrN3O5/c1-19(2,3)28-17(26)22-13-11-24(18(27)29-20(4,5)6)14-9-8-12(21)10-15(14)23(7)16(13)25/h8-10,13H,11H2,1-7H3,(H,22,26)/t13-/m0/s1. The molecule has 160 valence electrons. The van der Waals surface area contributed by atoms with Crippen molar-refractivity contribution in [3.05, 3.63) is 22.7 Å². The number of fused-ring (bicyclic) bond motifs is 1. The molecule has 29 heavy (non-hydrogen) atoms. The van der Waals surface area contributed by atoms with E-state index >= 15 is 0 Å². The number of carbonyl (C=O) groups is 3. The lowest BCUT2D eigenvalue weighted by atomic mass is 10.2. The average Bonchev–Trinajstić information content (AvgIpc) is 2.62. The van der Waals surface area contributed by atoms with Crippen molar-refractivity contribution < 1.29 is 23.9 Å². The zero-order chi connectivity index (χ0) is 22.1. The number of hydrogen-bond acceptors (Lipinski definition) is 5. The number of hydrogen-bond donors (Lipinski definition) is 1. The van der Waals surface area contributed by atoms with Crippen LogP contribution in [0.3, 0.4) is 0 Å². The van der Waals surface area contributed by atoms with Crippen molar-refractivity contribution in [1.29, 1.82) is 0 Å². The number of likely N-dealkylation sites (N-methyl/N-ethyl adjacent to an activating group) is 1. The van der Waals surface area contributed by atoms with Crippen LogP contribution in [-0.2, 0) is 14.3 Å². The second kappa shape index (κ2) is 8.22. The summed E-state index contributed by atoms with van der Waals surface area (Å²) in [4.78, 5) is 41.0. The maximum absolute atomic E-state index is 13.0. The predicted molar refractivity (Wildman–Crippen MR) is 114 cm³/mol. The lowest BCUT2D eigenvalue weighted by Crippen LogP contribution is -2.53. The lowest BCUT2D eigenvalue weighted by Gasteiger charge is -2.29. The second-order valence-corrected chi connectivity index (χ2v) is 9.74. The molecule has 1 aromatic carbocycles. The van der Waals surface area contributed by atoms with Gasteiger partial charge < -0.3 is 19.7 Å². The molecule has 1 N–H and O–H groups in total. The molecular weight excluding hydrogens is 442 g/mol. The smallest absolute Gasteiger partial charge is 0.414 e. The molecule has 0 radical (unpaired) electrons. The van der Waals surface area contributed by atoms with Crippen LogP contribution in [0.25, 0.3) is 0 Å². The van der Waals surface area contributed by atoms with Gasteiger partial charge in [0.05, 0.1) is 17.9 Å². The quantitative estimate of drug-likeness (QED) is 0.669. The van der Waals surface area contributed by atoms with E-state index in [0.29, 0.717) is 11.4 Å². The molecule has 1 aliphatic heterocycles. The number of alkyl carbamates (subject to hydrolysis) is 1. The van der Waals surface area contributed by atoms with Crippen LogP contribution in [0.15, 0.2) is 22.7 Å². The van der Waals surface area contributed by atoms with Gasteiger partial charge in [-0.05, 0) is 59.7 Å². The maximum atomic E-state index is 13.0. The van der Waals surface area contributed by atoms with E-state index in [1.165, 1.54) is 9.80 Å². The normalized spacial score (nSPS) is 17.4. The Morgan fingerprint density at radius 2 is 1.66 bits per heavy atom. The van der Waals surface area contributed by atoms with Crippen LogP contribution in [0.4, 0.5) is 21.0 Å². The van der Waals surface area contributed by atoms with Gasteiger partial charge in [0.25, 0.3) is 5.91 Å². The largest absolute Gasteiger partial charge is 0.444 e. The van der Waals surface area contributed by atoms with Crippen LogP contribution in [0.2, 0.25) is 0 Å². The molecule has 1 aromatic rings. The summed E-state index contributed by atoms with van der Waals surface area (Å²) in [5.41, 5.74) is -0.416. The summed E-state index contributed by atoms with van der Waals surface area (Å²) in [5.74, 6) is -0.374. The molecule has 0 saturated carbocycles. The van der Waals surface area contributed by atoms with Crippen molar-refractivity contribution >= 4 is 45.4 Å². The Labute approximate surface area is 179 Å². The summed E-state index contributed by atoms with van der Waals surface area (Å²) in [6, 6.07) is 4.23. The first-order valence-electron chi connectivity index (χ1n) is 9.25. The monoisotopic (exact) mass is 469 g/mol. The summed E-state index contributed by atoms with van der Waals surface area (Å²) in [7, 11) is 1.59. The summed E-state index contributed by atoms with van der Waals surface area (Å²) in [6.45, 7) is 10.4. The molecule has 0 unspecified atom stereocenters. The fraction of sp³-hybridized carbons (Fsp3) is 0.550. The minimum absolute atomic E-state index is 0.0913. The van der Waals surface area contributed by atoms with E-state index < -0.39 is 29.4 Å². The zero-order valence-corrected chi connectivity index (χ0v) is 19.4. The number of anilines is 2. The number of benzene rings is 1. The number of rotatable bonds is 1. The molecule has 0 fully saturated rings. The Balaban J connectivity index is 2.42. The fourth-order valence-corrected chi connectivity index (χ4v) is 3.10. The van der Waals surface area contributed by atoms with E-state index in [1.807, 2.05) is 0 Å². The van der Waals surface area contributed by atoms with Crippen molar-refractivity contribution in [2.24, 2.45) is 0 Å². The number of nitrogens with zero attached hydrogens (tertiary/aromatic N) is 2. The van der Waals surface area contributed by atoms with Gasteiger partial charge >= 0.3 is 12.2 Å². The molecule has 0 spiro atoms. The van der Waals surface area contributed by atoms with Crippen molar-refractivity contribution in [1.82, 2.24) is 5.32 Å². The van der Waals surface area contributed by atoms with Gasteiger partial charge in [0.2, 0.25) is 0 Å².